The van der Waals surface area contributed by atoms with Crippen LogP contribution in [-0.4, -0.2) is 12.9 Å². The molecule has 0 heterocycles. The summed E-state index contributed by atoms with van der Waals surface area (Å²) in [6, 6.07) is 5.23. The van der Waals surface area contributed by atoms with E-state index in [0.29, 0.717) is 12.2 Å². The molecular formula is C12H13BrO2. The van der Waals surface area contributed by atoms with Crippen molar-refractivity contribution in [2.45, 2.75) is 13.3 Å². The molecule has 0 aliphatic rings. The van der Waals surface area contributed by atoms with Gasteiger partial charge in [0.25, 0.3) is 0 Å². The lowest BCUT2D eigenvalue weighted by Gasteiger charge is -2.09. The fraction of sp³-hybridized carbons (Fsp3) is 0.250. The van der Waals surface area contributed by atoms with E-state index in [1.165, 1.54) is 0 Å². The summed E-state index contributed by atoms with van der Waals surface area (Å²) in [7, 11) is 0. The summed E-state index contributed by atoms with van der Waals surface area (Å²) in [5.41, 5.74) is 1.67. The first-order chi connectivity index (χ1) is 7.17. The fourth-order valence-corrected chi connectivity index (χ4v) is 1.50. The SMILES string of the molecule is C=C(CC)COc1ccc(C=O)cc1Br. The molecule has 0 amide bonds. The molecule has 0 aromatic heterocycles. The number of halogens is 1. The smallest absolute Gasteiger partial charge is 0.150 e. The average Bonchev–Trinajstić information content (AvgIpc) is 2.26. The third-order valence-electron chi connectivity index (χ3n) is 2.02. The Morgan fingerprint density at radius 3 is 2.87 bits per heavy atom. The lowest BCUT2D eigenvalue weighted by atomic mass is 10.2. The number of aldehydes is 1. The maximum Gasteiger partial charge on any atom is 0.150 e. The molecule has 0 radical (unpaired) electrons. The maximum absolute atomic E-state index is 10.5. The van der Waals surface area contributed by atoms with Gasteiger partial charge in [-0.2, -0.15) is 0 Å². The van der Waals surface area contributed by atoms with Crippen molar-refractivity contribution in [1.29, 1.82) is 0 Å². The fourth-order valence-electron chi connectivity index (χ4n) is 0.989. The molecule has 0 N–H and O–H groups in total. The number of carbonyl (C=O) groups excluding carboxylic acids is 1. The van der Waals surface area contributed by atoms with Crippen molar-refractivity contribution in [2.24, 2.45) is 0 Å². The van der Waals surface area contributed by atoms with E-state index in [1.54, 1.807) is 18.2 Å². The molecule has 2 nitrogen and oxygen atoms in total. The predicted octanol–water partition coefficient (Wildman–Crippen LogP) is 3.61. The van der Waals surface area contributed by atoms with E-state index >= 15 is 0 Å². The largest absolute Gasteiger partial charge is 0.488 e. The second kappa shape index (κ2) is 5.71. The lowest BCUT2D eigenvalue weighted by Crippen LogP contribution is -2.00. The molecule has 0 aliphatic carbocycles. The highest BCUT2D eigenvalue weighted by molar-refractivity contribution is 9.10. The van der Waals surface area contributed by atoms with Crippen molar-refractivity contribution in [3.05, 3.63) is 40.4 Å². The first kappa shape index (κ1) is 12.0. The summed E-state index contributed by atoms with van der Waals surface area (Å²) in [4.78, 5) is 10.5. The van der Waals surface area contributed by atoms with Gasteiger partial charge in [0.15, 0.2) is 0 Å². The van der Waals surface area contributed by atoms with E-state index in [1.807, 2.05) is 6.92 Å². The number of carbonyl (C=O) groups is 1. The topological polar surface area (TPSA) is 26.3 Å². The van der Waals surface area contributed by atoms with Gasteiger partial charge in [0.2, 0.25) is 0 Å². The standard InChI is InChI=1S/C12H13BrO2/c1-3-9(2)8-15-12-5-4-10(7-14)6-11(12)13/h4-7H,2-3,8H2,1H3. The number of benzene rings is 1. The Kier molecular flexibility index (Phi) is 4.56. The van der Waals surface area contributed by atoms with Crippen molar-refractivity contribution < 1.29 is 9.53 Å². The molecule has 0 saturated carbocycles. The molecule has 15 heavy (non-hydrogen) atoms. The zero-order valence-corrected chi connectivity index (χ0v) is 10.2. The molecular weight excluding hydrogens is 256 g/mol. The zero-order valence-electron chi connectivity index (χ0n) is 8.63. The van der Waals surface area contributed by atoms with Crippen molar-refractivity contribution in [3.63, 3.8) is 0 Å². The molecule has 1 rings (SSSR count). The average molecular weight is 269 g/mol. The molecule has 0 fully saturated rings. The van der Waals surface area contributed by atoms with Crippen LogP contribution in [0.3, 0.4) is 0 Å². The van der Waals surface area contributed by atoms with E-state index in [0.717, 1.165) is 28.5 Å². The Hall–Kier alpha value is -1.09. The first-order valence-electron chi connectivity index (χ1n) is 4.71. The molecule has 0 bridgehead atoms. The summed E-state index contributed by atoms with van der Waals surface area (Å²) in [5, 5.41) is 0. The van der Waals surface area contributed by atoms with Crippen molar-refractivity contribution >= 4 is 22.2 Å². The van der Waals surface area contributed by atoms with Gasteiger partial charge in [0, 0.05) is 5.56 Å². The highest BCUT2D eigenvalue weighted by Crippen LogP contribution is 2.25. The van der Waals surface area contributed by atoms with E-state index < -0.39 is 0 Å². The Labute approximate surface area is 98.1 Å². The van der Waals surface area contributed by atoms with Gasteiger partial charge < -0.3 is 4.74 Å². The molecule has 0 spiro atoms. The molecule has 0 atom stereocenters. The van der Waals surface area contributed by atoms with Gasteiger partial charge in [0.1, 0.15) is 18.6 Å². The Morgan fingerprint density at radius 2 is 2.33 bits per heavy atom. The molecule has 1 aromatic rings. The van der Waals surface area contributed by atoms with Crippen LogP contribution >= 0.6 is 15.9 Å². The van der Waals surface area contributed by atoms with Crippen LogP contribution in [0, 0.1) is 0 Å². The summed E-state index contributed by atoms with van der Waals surface area (Å²) in [5.74, 6) is 0.732. The van der Waals surface area contributed by atoms with Crippen LogP contribution in [0.15, 0.2) is 34.8 Å². The Bertz CT molecular complexity index is 372. The normalized spacial score (nSPS) is 9.73. The van der Waals surface area contributed by atoms with Gasteiger partial charge >= 0.3 is 0 Å². The minimum absolute atomic E-state index is 0.509. The van der Waals surface area contributed by atoms with E-state index in [2.05, 4.69) is 22.5 Å². The summed E-state index contributed by atoms with van der Waals surface area (Å²) in [6.45, 7) is 6.40. The minimum atomic E-state index is 0.509. The second-order valence-corrected chi connectivity index (χ2v) is 4.05. The number of ether oxygens (including phenoxy) is 1. The monoisotopic (exact) mass is 268 g/mol. The van der Waals surface area contributed by atoms with Crippen LogP contribution < -0.4 is 4.74 Å². The number of hydrogen-bond donors (Lipinski definition) is 0. The third-order valence-corrected chi connectivity index (χ3v) is 2.64. The first-order valence-corrected chi connectivity index (χ1v) is 5.50. The van der Waals surface area contributed by atoms with Crippen LogP contribution in [0.4, 0.5) is 0 Å². The third kappa shape index (κ3) is 3.51. The van der Waals surface area contributed by atoms with Gasteiger partial charge in [0.05, 0.1) is 4.47 Å². The van der Waals surface area contributed by atoms with Gasteiger partial charge in [-0.3, -0.25) is 4.79 Å². The number of hydrogen-bond acceptors (Lipinski definition) is 2. The lowest BCUT2D eigenvalue weighted by molar-refractivity contribution is 0.112. The molecule has 1 aromatic carbocycles. The predicted molar refractivity (Wildman–Crippen MR) is 64.5 cm³/mol. The van der Waals surface area contributed by atoms with Gasteiger partial charge in [-0.25, -0.2) is 0 Å². The summed E-state index contributed by atoms with van der Waals surface area (Å²) in [6.07, 6.45) is 1.71. The molecule has 0 saturated heterocycles. The molecule has 0 unspecified atom stereocenters. The minimum Gasteiger partial charge on any atom is -0.488 e. The summed E-state index contributed by atoms with van der Waals surface area (Å²) < 4.78 is 6.31. The van der Waals surface area contributed by atoms with Crippen LogP contribution in [0.5, 0.6) is 5.75 Å². The van der Waals surface area contributed by atoms with Crippen molar-refractivity contribution in [1.82, 2.24) is 0 Å². The van der Waals surface area contributed by atoms with E-state index in [9.17, 15) is 4.79 Å². The second-order valence-electron chi connectivity index (χ2n) is 3.20. The maximum atomic E-state index is 10.5. The van der Waals surface area contributed by atoms with Crippen molar-refractivity contribution in [2.75, 3.05) is 6.61 Å². The molecule has 80 valence electrons. The van der Waals surface area contributed by atoms with Gasteiger partial charge in [-0.15, -0.1) is 0 Å². The van der Waals surface area contributed by atoms with Crippen molar-refractivity contribution in [3.8, 4) is 5.75 Å². The highest BCUT2D eigenvalue weighted by atomic mass is 79.9. The summed E-state index contributed by atoms with van der Waals surface area (Å²) >= 11 is 3.35. The Balaban J connectivity index is 2.70. The van der Waals surface area contributed by atoms with Gasteiger partial charge in [-0.05, 0) is 46.1 Å². The number of rotatable bonds is 5. The highest BCUT2D eigenvalue weighted by Gasteiger charge is 2.02. The van der Waals surface area contributed by atoms with E-state index in [-0.39, 0.29) is 0 Å². The van der Waals surface area contributed by atoms with E-state index in [4.69, 9.17) is 4.74 Å². The quantitative estimate of drug-likeness (QED) is 0.603. The molecule has 0 aliphatic heterocycles. The zero-order chi connectivity index (χ0) is 11.3. The Morgan fingerprint density at radius 1 is 1.60 bits per heavy atom. The van der Waals surface area contributed by atoms with Crippen LogP contribution in [-0.2, 0) is 0 Å². The van der Waals surface area contributed by atoms with Gasteiger partial charge in [-0.1, -0.05) is 13.5 Å². The van der Waals surface area contributed by atoms with Crippen LogP contribution in [0.1, 0.15) is 23.7 Å². The van der Waals surface area contributed by atoms with Crippen LogP contribution in [0.2, 0.25) is 0 Å². The van der Waals surface area contributed by atoms with Crippen LogP contribution in [0.25, 0.3) is 0 Å². The molecule has 3 heteroatoms.